The van der Waals surface area contributed by atoms with Crippen molar-refractivity contribution in [3.05, 3.63) is 107 Å². The number of nitrogens with zero attached hydrogens (tertiary/aromatic N) is 1. The van der Waals surface area contributed by atoms with Gasteiger partial charge in [-0.15, -0.1) is 0 Å². The van der Waals surface area contributed by atoms with Crippen molar-refractivity contribution < 1.29 is 9.59 Å². The fraction of sp³-hybridized carbons (Fsp3) is 0.333. The number of carbonyl (C=O) groups is 2. The molecule has 0 radical (unpaired) electrons. The molecule has 2 atom stereocenters. The molecule has 3 aromatic carbocycles. The van der Waals surface area contributed by atoms with Crippen molar-refractivity contribution >= 4 is 11.8 Å². The van der Waals surface area contributed by atoms with Crippen LogP contribution in [-0.4, -0.2) is 28.8 Å². The van der Waals surface area contributed by atoms with E-state index in [0.717, 1.165) is 34.2 Å². The maximum absolute atomic E-state index is 13.8. The van der Waals surface area contributed by atoms with Gasteiger partial charge in [-0.2, -0.15) is 0 Å². The molecule has 0 aliphatic heterocycles. The smallest absolute Gasteiger partial charge is 0.243 e. The largest absolute Gasteiger partial charge is 0.352 e. The number of hydrogen-bond donors (Lipinski definition) is 1. The van der Waals surface area contributed by atoms with Crippen LogP contribution in [0, 0.1) is 13.8 Å². The summed E-state index contributed by atoms with van der Waals surface area (Å²) in [6, 6.07) is 25.4. The summed E-state index contributed by atoms with van der Waals surface area (Å²) in [4.78, 5) is 29.1. The van der Waals surface area contributed by atoms with Crippen molar-refractivity contribution in [3.8, 4) is 0 Å². The van der Waals surface area contributed by atoms with Crippen LogP contribution in [0.1, 0.15) is 48.1 Å². The molecule has 0 aromatic heterocycles. The highest BCUT2D eigenvalue weighted by Crippen LogP contribution is 2.19. The molecule has 0 fully saturated rings. The minimum atomic E-state index is -0.604. The van der Waals surface area contributed by atoms with Crippen LogP contribution in [0.3, 0.4) is 0 Å². The number of rotatable bonds is 10. The summed E-state index contributed by atoms with van der Waals surface area (Å²) >= 11 is 0. The molecule has 1 N–H and O–H groups in total. The average molecular weight is 457 g/mol. The fourth-order valence-electron chi connectivity index (χ4n) is 4.04. The quantitative estimate of drug-likeness (QED) is 0.444. The first kappa shape index (κ1) is 25.2. The van der Waals surface area contributed by atoms with Crippen LogP contribution in [0.4, 0.5) is 0 Å². The van der Waals surface area contributed by atoms with Gasteiger partial charge in [-0.05, 0) is 55.0 Å². The summed E-state index contributed by atoms with van der Waals surface area (Å²) in [5, 5.41) is 3.13. The molecular weight excluding hydrogens is 420 g/mol. The summed E-state index contributed by atoms with van der Waals surface area (Å²) in [5.74, 6) is -0.150. The van der Waals surface area contributed by atoms with Gasteiger partial charge in [0.2, 0.25) is 11.8 Å². The van der Waals surface area contributed by atoms with Gasteiger partial charge in [-0.1, -0.05) is 85.8 Å². The van der Waals surface area contributed by atoms with Crippen LogP contribution >= 0.6 is 0 Å². The van der Waals surface area contributed by atoms with Crippen molar-refractivity contribution in [2.45, 2.75) is 65.6 Å². The molecule has 3 aromatic rings. The number of aryl methyl sites for hydroxylation is 2. The highest BCUT2D eigenvalue weighted by Gasteiger charge is 2.31. The molecule has 0 bridgehead atoms. The zero-order valence-corrected chi connectivity index (χ0v) is 20.8. The Morgan fingerprint density at radius 1 is 0.824 bits per heavy atom. The van der Waals surface area contributed by atoms with Crippen LogP contribution in [0.25, 0.3) is 0 Å². The Balaban J connectivity index is 2.00. The maximum atomic E-state index is 13.8. The lowest BCUT2D eigenvalue weighted by molar-refractivity contribution is -0.141. The normalized spacial score (nSPS) is 12.6. The molecule has 0 aliphatic rings. The first-order valence-electron chi connectivity index (χ1n) is 12.1. The van der Waals surface area contributed by atoms with E-state index in [2.05, 4.69) is 5.32 Å². The van der Waals surface area contributed by atoms with Crippen molar-refractivity contribution in [1.29, 1.82) is 0 Å². The van der Waals surface area contributed by atoms with E-state index >= 15 is 0 Å². The number of amides is 2. The van der Waals surface area contributed by atoms with Gasteiger partial charge >= 0.3 is 0 Å². The SMILES string of the molecule is CC[C@@H](C)NC(=O)[C@H](Cc1ccccc1)N(Cc1ccccc1C)C(=O)Cc1ccccc1C. The number of hydrogen-bond acceptors (Lipinski definition) is 2. The molecule has 0 unspecified atom stereocenters. The van der Waals surface area contributed by atoms with Crippen LogP contribution in [0.5, 0.6) is 0 Å². The predicted molar refractivity (Wildman–Crippen MR) is 138 cm³/mol. The van der Waals surface area contributed by atoms with Crippen LogP contribution in [0.2, 0.25) is 0 Å². The lowest BCUT2D eigenvalue weighted by atomic mass is 9.99. The van der Waals surface area contributed by atoms with Gasteiger partial charge in [0.1, 0.15) is 6.04 Å². The van der Waals surface area contributed by atoms with Gasteiger partial charge < -0.3 is 10.2 Å². The zero-order chi connectivity index (χ0) is 24.5. The Hall–Kier alpha value is -3.40. The summed E-state index contributed by atoms with van der Waals surface area (Å²) in [6.07, 6.45) is 1.56. The first-order valence-corrected chi connectivity index (χ1v) is 12.1. The standard InChI is InChI=1S/C30H36N2O2/c1-5-24(4)31-30(34)28(19-25-15-7-6-8-16-25)32(21-27-18-12-10-14-23(27)3)29(33)20-26-17-11-9-13-22(26)2/h6-18,24,28H,5,19-21H2,1-4H3,(H,31,34)/t24-,28+/m1/s1. The lowest BCUT2D eigenvalue weighted by Gasteiger charge is -2.33. The van der Waals surface area contributed by atoms with Gasteiger partial charge in [-0.25, -0.2) is 0 Å². The molecule has 178 valence electrons. The zero-order valence-electron chi connectivity index (χ0n) is 20.8. The second-order valence-electron chi connectivity index (χ2n) is 9.07. The Morgan fingerprint density at radius 2 is 1.38 bits per heavy atom. The van der Waals surface area contributed by atoms with Gasteiger partial charge in [0.25, 0.3) is 0 Å². The van der Waals surface area contributed by atoms with Crippen molar-refractivity contribution in [2.75, 3.05) is 0 Å². The van der Waals surface area contributed by atoms with E-state index in [0.29, 0.717) is 13.0 Å². The molecule has 0 aliphatic carbocycles. The van der Waals surface area contributed by atoms with Crippen LogP contribution in [0.15, 0.2) is 78.9 Å². The molecule has 2 amide bonds. The Bertz CT molecular complexity index is 1090. The van der Waals surface area contributed by atoms with E-state index in [4.69, 9.17) is 0 Å². The molecule has 4 nitrogen and oxygen atoms in total. The fourth-order valence-corrected chi connectivity index (χ4v) is 4.04. The third-order valence-electron chi connectivity index (χ3n) is 6.48. The number of benzene rings is 3. The van der Waals surface area contributed by atoms with E-state index < -0.39 is 6.04 Å². The number of carbonyl (C=O) groups excluding carboxylic acids is 2. The molecule has 0 spiro atoms. The van der Waals surface area contributed by atoms with Gasteiger partial charge in [0.05, 0.1) is 6.42 Å². The Morgan fingerprint density at radius 3 is 1.97 bits per heavy atom. The topological polar surface area (TPSA) is 49.4 Å². The molecule has 0 saturated heterocycles. The predicted octanol–water partition coefficient (Wildman–Crippen LogP) is 5.40. The van der Waals surface area contributed by atoms with Crippen molar-refractivity contribution in [1.82, 2.24) is 10.2 Å². The Kier molecular flexibility index (Phi) is 9.03. The maximum Gasteiger partial charge on any atom is 0.243 e. The summed E-state index contributed by atoms with van der Waals surface area (Å²) < 4.78 is 0. The first-order chi connectivity index (χ1) is 16.4. The third kappa shape index (κ3) is 6.80. The highest BCUT2D eigenvalue weighted by atomic mass is 16.2. The van der Waals surface area contributed by atoms with E-state index in [9.17, 15) is 9.59 Å². The van der Waals surface area contributed by atoms with E-state index in [1.807, 2.05) is 107 Å². The summed E-state index contributed by atoms with van der Waals surface area (Å²) in [7, 11) is 0. The number of nitrogens with one attached hydrogen (secondary N) is 1. The van der Waals surface area contributed by atoms with E-state index in [-0.39, 0.29) is 24.3 Å². The van der Waals surface area contributed by atoms with Crippen LogP contribution in [-0.2, 0) is 29.0 Å². The third-order valence-corrected chi connectivity index (χ3v) is 6.48. The van der Waals surface area contributed by atoms with Crippen molar-refractivity contribution in [2.24, 2.45) is 0 Å². The second-order valence-corrected chi connectivity index (χ2v) is 9.07. The van der Waals surface area contributed by atoms with Gasteiger partial charge in [0, 0.05) is 19.0 Å². The Labute approximate surface area is 204 Å². The van der Waals surface area contributed by atoms with Gasteiger partial charge in [-0.3, -0.25) is 9.59 Å². The molecule has 4 heteroatoms. The van der Waals surface area contributed by atoms with Crippen LogP contribution < -0.4 is 5.32 Å². The minimum Gasteiger partial charge on any atom is -0.352 e. The summed E-state index contributed by atoms with van der Waals surface area (Å²) in [6.45, 7) is 8.50. The van der Waals surface area contributed by atoms with Crippen molar-refractivity contribution in [3.63, 3.8) is 0 Å². The minimum absolute atomic E-state index is 0.0394. The molecule has 3 rings (SSSR count). The average Bonchev–Trinajstić information content (AvgIpc) is 2.84. The lowest BCUT2D eigenvalue weighted by Crippen LogP contribution is -2.52. The van der Waals surface area contributed by atoms with Gasteiger partial charge in [0.15, 0.2) is 0 Å². The van der Waals surface area contributed by atoms with E-state index in [1.54, 1.807) is 4.90 Å². The molecular formula is C30H36N2O2. The monoisotopic (exact) mass is 456 g/mol. The van der Waals surface area contributed by atoms with E-state index in [1.165, 1.54) is 0 Å². The molecule has 0 heterocycles. The second kappa shape index (κ2) is 12.2. The highest BCUT2D eigenvalue weighted by molar-refractivity contribution is 5.89. The summed E-state index contributed by atoms with van der Waals surface area (Å²) in [5.41, 5.74) is 5.26. The molecule has 0 saturated carbocycles. The molecule has 34 heavy (non-hydrogen) atoms.